The second kappa shape index (κ2) is 8.43. The van der Waals surface area contributed by atoms with Gasteiger partial charge >= 0.3 is 0 Å². The Bertz CT molecular complexity index is 210. The van der Waals surface area contributed by atoms with Crippen molar-refractivity contribution in [1.29, 1.82) is 0 Å². The predicted octanol–water partition coefficient (Wildman–Crippen LogP) is 4.93. The van der Waals surface area contributed by atoms with Gasteiger partial charge in [0.15, 0.2) is 0 Å². The van der Waals surface area contributed by atoms with Gasteiger partial charge in [-0.2, -0.15) is 0 Å². The molecule has 1 nitrogen and oxygen atoms in total. The second-order valence-corrected chi connectivity index (χ2v) is 7.32. The van der Waals surface area contributed by atoms with E-state index in [1.807, 2.05) is 0 Å². The maximum atomic E-state index is 5.70. The highest BCUT2D eigenvalue weighted by molar-refractivity contribution is 6.17. The van der Waals surface area contributed by atoms with Crippen molar-refractivity contribution in [2.45, 2.75) is 65.7 Å². The molecule has 0 aromatic carbocycles. The topological polar surface area (TPSA) is 3.24 Å². The molecule has 1 heterocycles. The van der Waals surface area contributed by atoms with Gasteiger partial charge in [0.25, 0.3) is 0 Å². The fraction of sp³-hybridized carbons (Fsp3) is 1.00. The van der Waals surface area contributed by atoms with Crippen LogP contribution in [0.25, 0.3) is 0 Å². The van der Waals surface area contributed by atoms with Gasteiger partial charge < -0.3 is 4.90 Å². The molecule has 1 rings (SSSR count). The van der Waals surface area contributed by atoms with Gasteiger partial charge in [-0.1, -0.05) is 33.6 Å². The van der Waals surface area contributed by atoms with Crippen molar-refractivity contribution in [3.8, 4) is 0 Å². The van der Waals surface area contributed by atoms with Gasteiger partial charge in [-0.15, -0.1) is 11.6 Å². The standard InChI is InChI=1S/C16H32ClN/c1-16(2,3)15-9-8-13-18(14-10-15)12-7-5-4-6-11-17/h15H,4-14H2,1-3H3. The largest absolute Gasteiger partial charge is 0.303 e. The molecule has 0 bridgehead atoms. The molecule has 1 fully saturated rings. The average Bonchev–Trinajstić information content (AvgIpc) is 2.53. The number of unbranched alkanes of at least 4 members (excludes halogenated alkanes) is 3. The van der Waals surface area contributed by atoms with Crippen LogP contribution in [-0.4, -0.2) is 30.4 Å². The van der Waals surface area contributed by atoms with Crippen molar-refractivity contribution in [3.05, 3.63) is 0 Å². The maximum absolute atomic E-state index is 5.70. The number of hydrogen-bond donors (Lipinski definition) is 0. The van der Waals surface area contributed by atoms with E-state index in [9.17, 15) is 0 Å². The predicted molar refractivity (Wildman–Crippen MR) is 82.4 cm³/mol. The van der Waals surface area contributed by atoms with Gasteiger partial charge in [-0.25, -0.2) is 0 Å². The third-order valence-corrected chi connectivity index (χ3v) is 4.67. The molecule has 1 saturated heterocycles. The number of hydrogen-bond acceptors (Lipinski definition) is 1. The Hall–Kier alpha value is 0.250. The fourth-order valence-electron chi connectivity index (χ4n) is 3.03. The third-order valence-electron chi connectivity index (χ3n) is 4.40. The van der Waals surface area contributed by atoms with Crippen LogP contribution in [-0.2, 0) is 0 Å². The molecular formula is C16H32ClN. The Labute approximate surface area is 119 Å². The number of nitrogens with zero attached hydrogens (tertiary/aromatic N) is 1. The monoisotopic (exact) mass is 273 g/mol. The summed E-state index contributed by atoms with van der Waals surface area (Å²) >= 11 is 5.70. The molecule has 2 heteroatoms. The van der Waals surface area contributed by atoms with Gasteiger partial charge in [0.05, 0.1) is 0 Å². The van der Waals surface area contributed by atoms with E-state index < -0.39 is 0 Å². The van der Waals surface area contributed by atoms with Crippen LogP contribution in [0.15, 0.2) is 0 Å². The molecule has 0 spiro atoms. The zero-order valence-corrected chi connectivity index (χ0v) is 13.4. The Morgan fingerprint density at radius 2 is 1.72 bits per heavy atom. The lowest BCUT2D eigenvalue weighted by Crippen LogP contribution is -2.27. The molecule has 1 unspecified atom stereocenters. The van der Waals surface area contributed by atoms with E-state index in [0.29, 0.717) is 5.41 Å². The summed E-state index contributed by atoms with van der Waals surface area (Å²) in [4.78, 5) is 2.69. The average molecular weight is 274 g/mol. The molecule has 0 saturated carbocycles. The SMILES string of the molecule is CC(C)(C)C1CCCN(CCCCCCCl)CC1. The van der Waals surface area contributed by atoms with E-state index in [-0.39, 0.29) is 0 Å². The first-order valence-electron chi connectivity index (χ1n) is 7.82. The molecule has 0 amide bonds. The quantitative estimate of drug-likeness (QED) is 0.490. The minimum atomic E-state index is 0.496. The van der Waals surface area contributed by atoms with Crippen molar-refractivity contribution < 1.29 is 0 Å². The molecule has 0 N–H and O–H groups in total. The van der Waals surface area contributed by atoms with Crippen LogP contribution < -0.4 is 0 Å². The van der Waals surface area contributed by atoms with Gasteiger partial charge in [0.2, 0.25) is 0 Å². The van der Waals surface area contributed by atoms with Crippen LogP contribution in [0, 0.1) is 11.3 Å². The fourth-order valence-corrected chi connectivity index (χ4v) is 3.22. The van der Waals surface area contributed by atoms with Crippen LogP contribution in [0.2, 0.25) is 0 Å². The van der Waals surface area contributed by atoms with Crippen LogP contribution in [0.5, 0.6) is 0 Å². The van der Waals surface area contributed by atoms with Crippen molar-refractivity contribution in [1.82, 2.24) is 4.90 Å². The van der Waals surface area contributed by atoms with E-state index in [4.69, 9.17) is 11.6 Å². The summed E-state index contributed by atoms with van der Waals surface area (Å²) in [6.07, 6.45) is 9.42. The summed E-state index contributed by atoms with van der Waals surface area (Å²) in [5.41, 5.74) is 0.496. The zero-order valence-electron chi connectivity index (χ0n) is 12.7. The first-order valence-corrected chi connectivity index (χ1v) is 8.36. The molecule has 18 heavy (non-hydrogen) atoms. The molecular weight excluding hydrogens is 242 g/mol. The number of halogens is 1. The number of alkyl halides is 1. The lowest BCUT2D eigenvalue weighted by Gasteiger charge is -2.29. The van der Waals surface area contributed by atoms with Gasteiger partial charge in [-0.05, 0) is 63.1 Å². The van der Waals surface area contributed by atoms with Crippen molar-refractivity contribution in [2.75, 3.05) is 25.5 Å². The first-order chi connectivity index (χ1) is 8.54. The van der Waals surface area contributed by atoms with E-state index in [2.05, 4.69) is 25.7 Å². The highest BCUT2D eigenvalue weighted by atomic mass is 35.5. The van der Waals surface area contributed by atoms with Crippen LogP contribution in [0.3, 0.4) is 0 Å². The van der Waals surface area contributed by atoms with E-state index in [1.165, 1.54) is 64.6 Å². The highest BCUT2D eigenvalue weighted by Gasteiger charge is 2.26. The van der Waals surface area contributed by atoms with Gasteiger partial charge in [-0.3, -0.25) is 0 Å². The molecule has 0 aromatic rings. The molecule has 1 atom stereocenters. The Morgan fingerprint density at radius 3 is 2.39 bits per heavy atom. The summed E-state index contributed by atoms with van der Waals surface area (Å²) in [6.45, 7) is 11.1. The summed E-state index contributed by atoms with van der Waals surface area (Å²) in [6, 6.07) is 0. The molecule has 108 valence electrons. The second-order valence-electron chi connectivity index (χ2n) is 6.94. The van der Waals surface area contributed by atoms with Crippen LogP contribution in [0.1, 0.15) is 65.7 Å². The minimum Gasteiger partial charge on any atom is -0.303 e. The Balaban J connectivity index is 2.17. The summed E-state index contributed by atoms with van der Waals surface area (Å²) in [5.74, 6) is 1.75. The van der Waals surface area contributed by atoms with Crippen molar-refractivity contribution >= 4 is 11.6 Å². The van der Waals surface area contributed by atoms with Gasteiger partial charge in [0.1, 0.15) is 0 Å². The Morgan fingerprint density at radius 1 is 1.00 bits per heavy atom. The maximum Gasteiger partial charge on any atom is 0.0223 e. The molecule has 1 aliphatic heterocycles. The van der Waals surface area contributed by atoms with Crippen LogP contribution in [0.4, 0.5) is 0 Å². The summed E-state index contributed by atoms with van der Waals surface area (Å²) in [5, 5.41) is 0. The highest BCUT2D eigenvalue weighted by Crippen LogP contribution is 2.34. The number of likely N-dealkylation sites (tertiary alicyclic amines) is 1. The first kappa shape index (κ1) is 16.3. The van der Waals surface area contributed by atoms with E-state index >= 15 is 0 Å². The van der Waals surface area contributed by atoms with E-state index in [0.717, 1.165) is 11.8 Å². The van der Waals surface area contributed by atoms with Crippen molar-refractivity contribution in [2.24, 2.45) is 11.3 Å². The van der Waals surface area contributed by atoms with Crippen LogP contribution >= 0.6 is 11.6 Å². The normalized spacial score (nSPS) is 23.0. The third kappa shape index (κ3) is 6.43. The Kier molecular flexibility index (Phi) is 7.63. The van der Waals surface area contributed by atoms with Gasteiger partial charge in [0, 0.05) is 5.88 Å². The van der Waals surface area contributed by atoms with Crippen molar-refractivity contribution in [3.63, 3.8) is 0 Å². The molecule has 0 radical (unpaired) electrons. The summed E-state index contributed by atoms with van der Waals surface area (Å²) < 4.78 is 0. The number of rotatable bonds is 6. The molecule has 1 aliphatic rings. The van der Waals surface area contributed by atoms with E-state index in [1.54, 1.807) is 0 Å². The lowest BCUT2D eigenvalue weighted by molar-refractivity contribution is 0.207. The minimum absolute atomic E-state index is 0.496. The zero-order chi connectivity index (χ0) is 13.4. The lowest BCUT2D eigenvalue weighted by atomic mass is 9.77. The summed E-state index contributed by atoms with van der Waals surface area (Å²) in [7, 11) is 0. The smallest absolute Gasteiger partial charge is 0.0223 e. The molecule has 0 aromatic heterocycles. The molecule has 0 aliphatic carbocycles.